The fraction of sp³-hybridized carbons (Fsp3) is 0.529. The average Bonchev–Trinajstić information content (AvgIpc) is 2.71. The summed E-state index contributed by atoms with van der Waals surface area (Å²) in [6.07, 6.45) is 6.46. The lowest BCUT2D eigenvalue weighted by Gasteiger charge is -2.28. The van der Waals surface area contributed by atoms with Crippen molar-refractivity contribution in [2.24, 2.45) is 0 Å². The molecule has 0 atom stereocenters. The molecule has 1 aliphatic carbocycles. The van der Waals surface area contributed by atoms with Crippen LogP contribution in [0.25, 0.3) is 0 Å². The molecular weight excluding hydrogens is 319 g/mol. The van der Waals surface area contributed by atoms with Gasteiger partial charge in [-0.15, -0.1) is 0 Å². The smallest absolute Gasteiger partial charge is 0.323 e. The molecule has 4 nitrogen and oxygen atoms in total. The van der Waals surface area contributed by atoms with Gasteiger partial charge in [-0.25, -0.2) is 9.18 Å². The number of benzene rings is 1. The largest absolute Gasteiger partial charge is 0.325 e. The van der Waals surface area contributed by atoms with Crippen molar-refractivity contribution >= 4 is 23.5 Å². The molecule has 6 heteroatoms. The molecule has 2 aliphatic rings. The van der Waals surface area contributed by atoms with Gasteiger partial charge in [-0.05, 0) is 25.0 Å². The van der Waals surface area contributed by atoms with Gasteiger partial charge in [-0.1, -0.05) is 49.8 Å². The van der Waals surface area contributed by atoms with E-state index in [1.807, 2.05) is 0 Å². The van der Waals surface area contributed by atoms with Crippen LogP contribution >= 0.6 is 11.6 Å². The van der Waals surface area contributed by atoms with E-state index < -0.39 is 17.4 Å². The topological polar surface area (TPSA) is 49.4 Å². The van der Waals surface area contributed by atoms with Crippen molar-refractivity contribution in [3.63, 3.8) is 0 Å². The van der Waals surface area contributed by atoms with E-state index in [1.54, 1.807) is 6.07 Å². The number of amides is 3. The van der Waals surface area contributed by atoms with Crippen LogP contribution in [0, 0.1) is 5.82 Å². The molecule has 0 unspecified atom stereocenters. The molecule has 2 fully saturated rings. The maximum Gasteiger partial charge on any atom is 0.325 e. The van der Waals surface area contributed by atoms with E-state index in [4.69, 9.17) is 11.6 Å². The molecule has 23 heavy (non-hydrogen) atoms. The maximum atomic E-state index is 14.0. The third kappa shape index (κ3) is 3.07. The van der Waals surface area contributed by atoms with Gasteiger partial charge in [0.05, 0.1) is 6.54 Å². The van der Waals surface area contributed by atoms with Crippen LogP contribution in [0.2, 0.25) is 5.02 Å². The molecule has 1 aliphatic heterocycles. The highest BCUT2D eigenvalue weighted by molar-refractivity contribution is 6.31. The molecule has 1 saturated heterocycles. The van der Waals surface area contributed by atoms with Crippen LogP contribution in [0.3, 0.4) is 0 Å². The van der Waals surface area contributed by atoms with Crippen molar-refractivity contribution in [3.8, 4) is 0 Å². The lowest BCUT2D eigenvalue weighted by Crippen LogP contribution is -2.47. The van der Waals surface area contributed by atoms with Gasteiger partial charge < -0.3 is 5.32 Å². The minimum atomic E-state index is -0.810. The normalized spacial score (nSPS) is 21.2. The van der Waals surface area contributed by atoms with Crippen molar-refractivity contribution in [2.75, 3.05) is 0 Å². The minimum absolute atomic E-state index is 0.127. The lowest BCUT2D eigenvalue weighted by molar-refractivity contribution is -0.132. The van der Waals surface area contributed by atoms with E-state index in [1.165, 1.54) is 18.6 Å². The van der Waals surface area contributed by atoms with Gasteiger partial charge in [0.15, 0.2) is 0 Å². The Morgan fingerprint density at radius 2 is 1.78 bits per heavy atom. The highest BCUT2D eigenvalue weighted by atomic mass is 35.5. The second-order valence-electron chi connectivity index (χ2n) is 6.37. The van der Waals surface area contributed by atoms with Gasteiger partial charge in [-0.2, -0.15) is 0 Å². The molecule has 3 amide bonds. The van der Waals surface area contributed by atoms with Crippen molar-refractivity contribution in [1.29, 1.82) is 0 Å². The molecule has 1 heterocycles. The Kier molecular flexibility index (Phi) is 4.57. The summed E-state index contributed by atoms with van der Waals surface area (Å²) in [5.41, 5.74) is -0.629. The first-order valence-corrected chi connectivity index (χ1v) is 8.48. The van der Waals surface area contributed by atoms with Crippen LogP contribution < -0.4 is 5.32 Å². The van der Waals surface area contributed by atoms with E-state index in [9.17, 15) is 14.0 Å². The summed E-state index contributed by atoms with van der Waals surface area (Å²) in [6, 6.07) is 3.90. The number of rotatable bonds is 2. The highest BCUT2D eigenvalue weighted by Gasteiger charge is 2.50. The first-order chi connectivity index (χ1) is 11.0. The predicted molar refractivity (Wildman–Crippen MR) is 85.5 cm³/mol. The van der Waals surface area contributed by atoms with E-state index in [0.29, 0.717) is 12.8 Å². The summed E-state index contributed by atoms with van der Waals surface area (Å²) in [4.78, 5) is 26.3. The zero-order valence-corrected chi connectivity index (χ0v) is 13.7. The number of nitrogens with zero attached hydrogens (tertiary/aromatic N) is 1. The summed E-state index contributed by atoms with van der Waals surface area (Å²) in [5.74, 6) is -0.750. The first kappa shape index (κ1) is 16.2. The van der Waals surface area contributed by atoms with Crippen LogP contribution in [-0.4, -0.2) is 22.4 Å². The number of carbonyl (C=O) groups is 2. The molecule has 1 aromatic carbocycles. The quantitative estimate of drug-likeness (QED) is 0.828. The molecule has 1 spiro atoms. The van der Waals surface area contributed by atoms with Crippen LogP contribution in [0.4, 0.5) is 9.18 Å². The monoisotopic (exact) mass is 338 g/mol. The second-order valence-corrected chi connectivity index (χ2v) is 6.78. The van der Waals surface area contributed by atoms with Crippen molar-refractivity contribution in [1.82, 2.24) is 10.2 Å². The van der Waals surface area contributed by atoms with Gasteiger partial charge in [0, 0.05) is 10.6 Å². The number of hydrogen-bond donors (Lipinski definition) is 1. The van der Waals surface area contributed by atoms with Crippen molar-refractivity contribution < 1.29 is 14.0 Å². The van der Waals surface area contributed by atoms with E-state index in [2.05, 4.69) is 5.32 Å². The Bertz CT molecular complexity index is 607. The molecule has 1 N–H and O–H groups in total. The number of halogens is 2. The van der Waals surface area contributed by atoms with Gasteiger partial charge >= 0.3 is 6.03 Å². The van der Waals surface area contributed by atoms with Gasteiger partial charge in [0.1, 0.15) is 11.4 Å². The summed E-state index contributed by atoms with van der Waals surface area (Å²) < 4.78 is 14.0. The Morgan fingerprint density at radius 3 is 2.43 bits per heavy atom. The standard InChI is InChI=1S/C17H20ClFN2O2/c18-13-7-6-8-14(19)12(13)11-21-15(22)17(20-16(21)23)9-4-2-1-3-5-10-17/h6-8H,1-5,9-11H2,(H,20,23). The maximum absolute atomic E-state index is 14.0. The third-order valence-corrected chi connectivity index (χ3v) is 5.19. The zero-order valence-electron chi connectivity index (χ0n) is 12.9. The van der Waals surface area contributed by atoms with E-state index >= 15 is 0 Å². The molecular formula is C17H20ClFN2O2. The fourth-order valence-electron chi connectivity index (χ4n) is 3.51. The average molecular weight is 339 g/mol. The minimum Gasteiger partial charge on any atom is -0.323 e. The molecule has 3 rings (SSSR count). The first-order valence-electron chi connectivity index (χ1n) is 8.10. The SMILES string of the molecule is O=C1NC2(CCCCCCC2)C(=O)N1Cc1c(F)cccc1Cl. The molecule has 0 radical (unpaired) electrons. The summed E-state index contributed by atoms with van der Waals surface area (Å²) >= 11 is 6.02. The molecule has 124 valence electrons. The number of nitrogens with one attached hydrogen (secondary N) is 1. The number of imide groups is 1. The van der Waals surface area contributed by atoms with Crippen LogP contribution in [0.5, 0.6) is 0 Å². The summed E-state index contributed by atoms with van der Waals surface area (Å²) in [5, 5.41) is 3.09. The summed E-state index contributed by atoms with van der Waals surface area (Å²) in [6.45, 7) is -0.127. The zero-order chi connectivity index (χ0) is 16.4. The van der Waals surface area contributed by atoms with Crippen molar-refractivity contribution in [2.45, 2.75) is 57.0 Å². The Balaban J connectivity index is 1.83. The van der Waals surface area contributed by atoms with Crippen LogP contribution in [-0.2, 0) is 11.3 Å². The van der Waals surface area contributed by atoms with Crippen LogP contribution in [0.1, 0.15) is 50.5 Å². The van der Waals surface area contributed by atoms with Gasteiger partial charge in [0.2, 0.25) is 0 Å². The molecule has 0 bridgehead atoms. The highest BCUT2D eigenvalue weighted by Crippen LogP contribution is 2.33. The van der Waals surface area contributed by atoms with Crippen LogP contribution in [0.15, 0.2) is 18.2 Å². The third-order valence-electron chi connectivity index (χ3n) is 4.83. The predicted octanol–water partition coefficient (Wildman–Crippen LogP) is 4.01. The Labute approximate surface area is 140 Å². The van der Waals surface area contributed by atoms with Crippen molar-refractivity contribution in [3.05, 3.63) is 34.6 Å². The Morgan fingerprint density at radius 1 is 1.13 bits per heavy atom. The number of hydrogen-bond acceptors (Lipinski definition) is 2. The number of urea groups is 1. The second kappa shape index (κ2) is 6.48. The molecule has 1 saturated carbocycles. The van der Waals surface area contributed by atoms with Gasteiger partial charge in [-0.3, -0.25) is 9.69 Å². The fourth-order valence-corrected chi connectivity index (χ4v) is 3.73. The number of carbonyl (C=O) groups excluding carboxylic acids is 2. The molecule has 1 aromatic rings. The summed E-state index contributed by atoms with van der Waals surface area (Å²) in [7, 11) is 0. The van der Waals surface area contributed by atoms with E-state index in [0.717, 1.165) is 30.6 Å². The van der Waals surface area contributed by atoms with E-state index in [-0.39, 0.29) is 23.0 Å². The molecule has 0 aromatic heterocycles. The van der Waals surface area contributed by atoms with Gasteiger partial charge in [0.25, 0.3) is 5.91 Å². The lowest BCUT2D eigenvalue weighted by atomic mass is 9.84. The Hall–Kier alpha value is -1.62.